The van der Waals surface area contributed by atoms with E-state index >= 15 is 0 Å². The molecule has 0 aliphatic carbocycles. The summed E-state index contributed by atoms with van der Waals surface area (Å²) in [6.45, 7) is 7.70. The van der Waals surface area contributed by atoms with Crippen molar-refractivity contribution in [2.75, 3.05) is 0 Å². The van der Waals surface area contributed by atoms with E-state index in [1.54, 1.807) is 25.6 Å². The maximum absolute atomic E-state index is 12.3. The van der Waals surface area contributed by atoms with Gasteiger partial charge in [-0.3, -0.25) is 14.3 Å². The fraction of sp³-hybridized carbons (Fsp3) is 0.389. The third-order valence-electron chi connectivity index (χ3n) is 3.69. The van der Waals surface area contributed by atoms with Crippen molar-refractivity contribution in [1.82, 2.24) is 15.1 Å². The number of ketones is 1. The average molecular weight is 329 g/mol. The van der Waals surface area contributed by atoms with Crippen LogP contribution in [0.25, 0.3) is 0 Å². The molecule has 0 fully saturated rings. The molecule has 0 atom stereocenters. The summed E-state index contributed by atoms with van der Waals surface area (Å²) < 4.78 is 7.17. The molecule has 6 heteroatoms. The number of carbonyl (C=O) groups excluding carboxylic acids is 2. The SMILES string of the molecule is Cc1nn(C)c(C)c1C(=O)C(=O)NCc1ccc(OC(C)C)cc1. The van der Waals surface area contributed by atoms with Gasteiger partial charge in [0.05, 0.1) is 17.4 Å². The molecule has 1 aromatic heterocycles. The Labute approximate surface area is 141 Å². The lowest BCUT2D eigenvalue weighted by Crippen LogP contribution is -2.31. The van der Waals surface area contributed by atoms with E-state index in [4.69, 9.17) is 4.74 Å². The maximum atomic E-state index is 12.3. The first-order valence-corrected chi connectivity index (χ1v) is 7.88. The molecular formula is C18H23N3O3. The lowest BCUT2D eigenvalue weighted by atomic mass is 10.1. The normalized spacial score (nSPS) is 10.8. The van der Waals surface area contributed by atoms with Gasteiger partial charge in [0, 0.05) is 19.3 Å². The van der Waals surface area contributed by atoms with Crippen LogP contribution in [0.4, 0.5) is 0 Å². The number of aryl methyl sites for hydroxylation is 2. The first-order valence-electron chi connectivity index (χ1n) is 7.88. The average Bonchev–Trinajstić information content (AvgIpc) is 2.78. The smallest absolute Gasteiger partial charge is 0.292 e. The van der Waals surface area contributed by atoms with Crippen molar-refractivity contribution >= 4 is 11.7 Å². The molecule has 1 aromatic carbocycles. The summed E-state index contributed by atoms with van der Waals surface area (Å²) in [5.74, 6) is -0.410. The van der Waals surface area contributed by atoms with Gasteiger partial charge in [-0.05, 0) is 45.4 Å². The molecule has 0 radical (unpaired) electrons. The Kier molecular flexibility index (Phi) is 5.39. The van der Waals surface area contributed by atoms with Crippen LogP contribution in [0.2, 0.25) is 0 Å². The maximum Gasteiger partial charge on any atom is 0.292 e. The zero-order chi connectivity index (χ0) is 17.9. The number of carbonyl (C=O) groups is 2. The summed E-state index contributed by atoms with van der Waals surface area (Å²) in [6, 6.07) is 7.42. The molecule has 2 rings (SSSR count). The highest BCUT2D eigenvalue weighted by Gasteiger charge is 2.23. The summed E-state index contributed by atoms with van der Waals surface area (Å²) in [6.07, 6.45) is 0.110. The van der Waals surface area contributed by atoms with Crippen LogP contribution in [-0.4, -0.2) is 27.6 Å². The van der Waals surface area contributed by atoms with Gasteiger partial charge in [0.15, 0.2) is 0 Å². The van der Waals surface area contributed by atoms with Crippen LogP contribution in [0.5, 0.6) is 5.75 Å². The van der Waals surface area contributed by atoms with Crippen molar-refractivity contribution in [3.05, 3.63) is 46.8 Å². The minimum atomic E-state index is -0.628. The lowest BCUT2D eigenvalue weighted by molar-refractivity contribution is -0.117. The summed E-state index contributed by atoms with van der Waals surface area (Å²) >= 11 is 0. The second-order valence-corrected chi connectivity index (χ2v) is 5.99. The Morgan fingerprint density at radius 2 is 1.83 bits per heavy atom. The van der Waals surface area contributed by atoms with Gasteiger partial charge in [-0.2, -0.15) is 5.10 Å². The molecule has 1 N–H and O–H groups in total. The molecule has 128 valence electrons. The fourth-order valence-electron chi connectivity index (χ4n) is 2.44. The van der Waals surface area contributed by atoms with Crippen LogP contribution in [0.15, 0.2) is 24.3 Å². The van der Waals surface area contributed by atoms with E-state index < -0.39 is 11.7 Å². The number of hydrogen-bond donors (Lipinski definition) is 1. The second-order valence-electron chi connectivity index (χ2n) is 5.99. The van der Waals surface area contributed by atoms with Crippen molar-refractivity contribution in [1.29, 1.82) is 0 Å². The highest BCUT2D eigenvalue weighted by atomic mass is 16.5. The monoisotopic (exact) mass is 329 g/mol. The van der Waals surface area contributed by atoms with E-state index in [-0.39, 0.29) is 12.6 Å². The fourth-order valence-corrected chi connectivity index (χ4v) is 2.44. The van der Waals surface area contributed by atoms with Crippen LogP contribution in [-0.2, 0) is 18.4 Å². The number of nitrogens with zero attached hydrogens (tertiary/aromatic N) is 2. The Bertz CT molecular complexity index is 746. The minimum absolute atomic E-state index is 0.110. The molecule has 0 aliphatic rings. The van der Waals surface area contributed by atoms with Crippen molar-refractivity contribution in [3.8, 4) is 5.75 Å². The van der Waals surface area contributed by atoms with E-state index in [9.17, 15) is 9.59 Å². The van der Waals surface area contributed by atoms with Crippen LogP contribution in [0, 0.1) is 13.8 Å². The topological polar surface area (TPSA) is 73.2 Å². The number of aromatic nitrogens is 2. The molecule has 24 heavy (non-hydrogen) atoms. The standard InChI is InChI=1S/C18H23N3O3/c1-11(2)24-15-8-6-14(7-9-15)10-19-18(23)17(22)16-12(3)20-21(5)13(16)4/h6-9,11H,10H2,1-5H3,(H,19,23). The van der Waals surface area contributed by atoms with Gasteiger partial charge < -0.3 is 10.1 Å². The molecule has 1 heterocycles. The lowest BCUT2D eigenvalue weighted by Gasteiger charge is -2.10. The number of rotatable bonds is 6. The Morgan fingerprint density at radius 3 is 2.33 bits per heavy atom. The Balaban J connectivity index is 1.99. The largest absolute Gasteiger partial charge is 0.491 e. The number of hydrogen-bond acceptors (Lipinski definition) is 4. The van der Waals surface area contributed by atoms with Gasteiger partial charge in [0.25, 0.3) is 11.7 Å². The van der Waals surface area contributed by atoms with Gasteiger partial charge >= 0.3 is 0 Å². The summed E-state index contributed by atoms with van der Waals surface area (Å²) in [5.41, 5.74) is 2.51. The molecule has 1 amide bonds. The van der Waals surface area contributed by atoms with Crippen LogP contribution >= 0.6 is 0 Å². The predicted molar refractivity (Wildman–Crippen MR) is 91.1 cm³/mol. The van der Waals surface area contributed by atoms with Crippen LogP contribution in [0.3, 0.4) is 0 Å². The van der Waals surface area contributed by atoms with E-state index in [2.05, 4.69) is 10.4 Å². The molecule has 0 bridgehead atoms. The highest BCUT2D eigenvalue weighted by Crippen LogP contribution is 2.15. The zero-order valence-corrected chi connectivity index (χ0v) is 14.7. The highest BCUT2D eigenvalue weighted by molar-refractivity contribution is 6.43. The predicted octanol–water partition coefficient (Wildman–Crippen LogP) is 2.32. The number of Topliss-reactive ketones (excluding diaryl/α,β-unsaturated/α-hetero) is 1. The minimum Gasteiger partial charge on any atom is -0.491 e. The summed E-state index contributed by atoms with van der Waals surface area (Å²) in [4.78, 5) is 24.4. The number of nitrogens with one attached hydrogen (secondary N) is 1. The molecule has 2 aromatic rings. The van der Waals surface area contributed by atoms with E-state index in [1.165, 1.54) is 0 Å². The van der Waals surface area contributed by atoms with Crippen molar-refractivity contribution in [3.63, 3.8) is 0 Å². The Morgan fingerprint density at radius 1 is 1.21 bits per heavy atom. The van der Waals surface area contributed by atoms with Crippen molar-refractivity contribution in [2.24, 2.45) is 7.05 Å². The van der Waals surface area contributed by atoms with Crippen molar-refractivity contribution in [2.45, 2.75) is 40.3 Å². The van der Waals surface area contributed by atoms with Gasteiger partial charge in [-0.15, -0.1) is 0 Å². The molecular weight excluding hydrogens is 306 g/mol. The summed E-state index contributed by atoms with van der Waals surface area (Å²) in [5, 5.41) is 6.82. The summed E-state index contributed by atoms with van der Waals surface area (Å²) in [7, 11) is 1.75. The molecule has 0 spiro atoms. The van der Waals surface area contributed by atoms with E-state index in [0.717, 1.165) is 11.3 Å². The van der Waals surface area contributed by atoms with Gasteiger partial charge in [0.1, 0.15) is 5.75 Å². The van der Waals surface area contributed by atoms with Gasteiger partial charge in [-0.1, -0.05) is 12.1 Å². The number of benzene rings is 1. The Hall–Kier alpha value is -2.63. The van der Waals surface area contributed by atoms with E-state index in [1.807, 2.05) is 38.1 Å². The molecule has 0 aliphatic heterocycles. The van der Waals surface area contributed by atoms with Crippen LogP contribution < -0.4 is 10.1 Å². The molecule has 0 unspecified atom stereocenters. The third-order valence-corrected chi connectivity index (χ3v) is 3.69. The third kappa shape index (κ3) is 4.01. The molecule has 0 saturated carbocycles. The zero-order valence-electron chi connectivity index (χ0n) is 14.7. The first-order chi connectivity index (χ1) is 11.3. The molecule has 6 nitrogen and oxygen atoms in total. The van der Waals surface area contributed by atoms with Gasteiger partial charge in [-0.25, -0.2) is 0 Å². The molecule has 0 saturated heterocycles. The van der Waals surface area contributed by atoms with E-state index in [0.29, 0.717) is 17.0 Å². The number of amides is 1. The number of ether oxygens (including phenoxy) is 1. The second kappa shape index (κ2) is 7.29. The first kappa shape index (κ1) is 17.7. The van der Waals surface area contributed by atoms with Gasteiger partial charge in [0.2, 0.25) is 0 Å². The quantitative estimate of drug-likeness (QED) is 0.652. The van der Waals surface area contributed by atoms with Crippen molar-refractivity contribution < 1.29 is 14.3 Å². The van der Waals surface area contributed by atoms with Crippen LogP contribution in [0.1, 0.15) is 41.2 Å².